The second-order valence-corrected chi connectivity index (χ2v) is 11.2. The first-order valence-electron chi connectivity index (χ1n) is 13.9. The zero-order chi connectivity index (χ0) is 30.3. The molecule has 1 aliphatic rings. The molecule has 0 saturated carbocycles. The highest BCUT2D eigenvalue weighted by molar-refractivity contribution is 5.74. The molecule has 0 aliphatic carbocycles. The van der Waals surface area contributed by atoms with Gasteiger partial charge in [-0.25, -0.2) is 9.78 Å². The molecule has 2 heterocycles. The Bertz CT molecular complexity index is 1310. The van der Waals surface area contributed by atoms with Gasteiger partial charge in [-0.2, -0.15) is 0 Å². The number of amides is 1. The molecule has 0 bridgehead atoms. The maximum Gasteiger partial charge on any atom is 0.410 e. The molecule has 224 valence electrons. The molecule has 1 saturated heterocycles. The highest BCUT2D eigenvalue weighted by Gasteiger charge is 2.31. The third kappa shape index (κ3) is 8.02. The summed E-state index contributed by atoms with van der Waals surface area (Å²) in [5.74, 6) is 1.70. The van der Waals surface area contributed by atoms with Crippen molar-refractivity contribution in [2.24, 2.45) is 0 Å². The Kier molecular flexibility index (Phi) is 9.72. The van der Waals surface area contributed by atoms with E-state index in [9.17, 15) is 14.9 Å². The van der Waals surface area contributed by atoms with Crippen LogP contribution < -0.4 is 19.7 Å². The molecule has 4 rings (SSSR count). The molecule has 11 heteroatoms. The van der Waals surface area contributed by atoms with Gasteiger partial charge < -0.3 is 29.3 Å². The first-order chi connectivity index (χ1) is 20.1. The van der Waals surface area contributed by atoms with E-state index in [0.29, 0.717) is 31.9 Å². The molecule has 1 aliphatic heterocycles. The average molecular weight is 578 g/mol. The Balaban J connectivity index is 1.63. The number of pyridine rings is 1. The van der Waals surface area contributed by atoms with Gasteiger partial charge in [-0.3, -0.25) is 10.1 Å². The summed E-state index contributed by atoms with van der Waals surface area (Å²) in [6.07, 6.45) is 2.71. The van der Waals surface area contributed by atoms with E-state index in [1.165, 1.54) is 0 Å². The van der Waals surface area contributed by atoms with Crippen molar-refractivity contribution in [3.05, 3.63) is 82.0 Å². The lowest BCUT2D eigenvalue weighted by molar-refractivity contribution is -0.383. The molecule has 3 aromatic rings. The monoisotopic (exact) mass is 577 g/mol. The standard InChI is InChI=1S/C31H39N5O6/c1-31(2,3)42-30(37)34-18-6-7-24(21-34)33-27-16-17-32-29(28(27)36(38)39)35(19-22-8-12-25(40-4)13-9-22)20-23-10-14-26(41-5)15-11-23/h8-17,24H,6-7,18-21H2,1-5H3,(H,32,33). The van der Waals surface area contributed by atoms with Crippen molar-refractivity contribution in [3.63, 3.8) is 0 Å². The molecule has 1 N–H and O–H groups in total. The molecule has 0 spiro atoms. The fourth-order valence-corrected chi connectivity index (χ4v) is 4.89. The van der Waals surface area contributed by atoms with Crippen LogP contribution in [0.1, 0.15) is 44.7 Å². The number of methoxy groups -OCH3 is 2. The zero-order valence-corrected chi connectivity index (χ0v) is 24.8. The van der Waals surface area contributed by atoms with Crippen LogP contribution in [0.4, 0.5) is 22.0 Å². The average Bonchev–Trinajstić information content (AvgIpc) is 2.96. The third-order valence-electron chi connectivity index (χ3n) is 6.88. The molecule has 1 unspecified atom stereocenters. The van der Waals surface area contributed by atoms with Crippen LogP contribution >= 0.6 is 0 Å². The summed E-state index contributed by atoms with van der Waals surface area (Å²) in [4.78, 5) is 32.9. The van der Waals surface area contributed by atoms with Gasteiger partial charge in [0.15, 0.2) is 0 Å². The number of carbonyl (C=O) groups excluding carboxylic acids is 1. The lowest BCUT2D eigenvalue weighted by Gasteiger charge is -2.34. The van der Waals surface area contributed by atoms with Gasteiger partial charge in [0.2, 0.25) is 5.82 Å². The molecular formula is C31H39N5O6. The number of piperidine rings is 1. The quantitative estimate of drug-likeness (QED) is 0.228. The largest absolute Gasteiger partial charge is 0.497 e. The second kappa shape index (κ2) is 13.4. The van der Waals surface area contributed by atoms with Crippen LogP contribution in [0.3, 0.4) is 0 Å². The third-order valence-corrected chi connectivity index (χ3v) is 6.88. The number of nitro groups is 1. The van der Waals surface area contributed by atoms with E-state index >= 15 is 0 Å². The smallest absolute Gasteiger partial charge is 0.410 e. The van der Waals surface area contributed by atoms with Gasteiger partial charge in [-0.15, -0.1) is 0 Å². The fourth-order valence-electron chi connectivity index (χ4n) is 4.89. The first kappa shape index (κ1) is 30.4. The van der Waals surface area contributed by atoms with Crippen molar-refractivity contribution in [2.45, 2.75) is 58.3 Å². The topological polar surface area (TPSA) is 119 Å². The predicted molar refractivity (Wildman–Crippen MR) is 161 cm³/mol. The van der Waals surface area contributed by atoms with Crippen molar-refractivity contribution < 1.29 is 23.9 Å². The summed E-state index contributed by atoms with van der Waals surface area (Å²) >= 11 is 0. The van der Waals surface area contributed by atoms with E-state index in [1.807, 2.05) is 74.2 Å². The van der Waals surface area contributed by atoms with Crippen LogP contribution in [0.2, 0.25) is 0 Å². The Morgan fingerprint density at radius 3 is 2.10 bits per heavy atom. The Morgan fingerprint density at radius 2 is 1.60 bits per heavy atom. The number of nitrogens with zero attached hydrogens (tertiary/aromatic N) is 4. The summed E-state index contributed by atoms with van der Waals surface area (Å²) in [7, 11) is 3.21. The van der Waals surface area contributed by atoms with Crippen molar-refractivity contribution in [1.29, 1.82) is 0 Å². The number of ether oxygens (including phenoxy) is 3. The molecule has 1 amide bonds. The van der Waals surface area contributed by atoms with E-state index < -0.39 is 10.5 Å². The van der Waals surface area contributed by atoms with Gasteiger partial charge in [-0.05, 0) is 75.1 Å². The first-order valence-corrected chi connectivity index (χ1v) is 13.9. The second-order valence-electron chi connectivity index (χ2n) is 11.2. The zero-order valence-electron chi connectivity index (χ0n) is 24.8. The van der Waals surface area contributed by atoms with Crippen LogP contribution in [-0.2, 0) is 17.8 Å². The lowest BCUT2D eigenvalue weighted by atomic mass is 10.1. The predicted octanol–water partition coefficient (Wildman–Crippen LogP) is 6.03. The summed E-state index contributed by atoms with van der Waals surface area (Å²) in [5.41, 5.74) is 1.52. The molecule has 42 heavy (non-hydrogen) atoms. The molecule has 0 radical (unpaired) electrons. The lowest BCUT2D eigenvalue weighted by Crippen LogP contribution is -2.47. The van der Waals surface area contributed by atoms with Crippen molar-refractivity contribution in [2.75, 3.05) is 37.5 Å². The number of anilines is 2. The number of hydrogen-bond acceptors (Lipinski definition) is 9. The minimum absolute atomic E-state index is 0.117. The van der Waals surface area contributed by atoms with E-state index in [0.717, 1.165) is 35.5 Å². The Labute approximate surface area is 246 Å². The van der Waals surface area contributed by atoms with Crippen molar-refractivity contribution in [3.8, 4) is 11.5 Å². The molecule has 1 fully saturated rings. The highest BCUT2D eigenvalue weighted by Crippen LogP contribution is 2.36. The van der Waals surface area contributed by atoms with Crippen LogP contribution in [0.5, 0.6) is 11.5 Å². The van der Waals surface area contributed by atoms with E-state index in [4.69, 9.17) is 14.2 Å². The minimum atomic E-state index is -0.604. The Hall–Kier alpha value is -4.54. The van der Waals surface area contributed by atoms with Gasteiger partial charge >= 0.3 is 11.8 Å². The SMILES string of the molecule is COc1ccc(CN(Cc2ccc(OC)cc2)c2nccc(NC3CCCN(C(=O)OC(C)(C)C)C3)c2[N+](=O)[O-])cc1. The maximum atomic E-state index is 12.7. The van der Waals surface area contributed by atoms with E-state index in [-0.39, 0.29) is 23.6 Å². The maximum absolute atomic E-state index is 12.7. The normalized spacial score (nSPS) is 15.1. The number of carbonyl (C=O) groups is 1. The van der Waals surface area contributed by atoms with E-state index in [2.05, 4.69) is 10.3 Å². The molecular weight excluding hydrogens is 538 g/mol. The Morgan fingerprint density at radius 1 is 1.02 bits per heavy atom. The number of benzene rings is 2. The molecule has 11 nitrogen and oxygen atoms in total. The van der Waals surface area contributed by atoms with Gasteiger partial charge in [0.05, 0.1) is 19.1 Å². The number of rotatable bonds is 10. The van der Waals surface area contributed by atoms with Crippen molar-refractivity contribution in [1.82, 2.24) is 9.88 Å². The highest BCUT2D eigenvalue weighted by atomic mass is 16.6. The van der Waals surface area contributed by atoms with Gasteiger partial charge in [0.25, 0.3) is 0 Å². The van der Waals surface area contributed by atoms with Gasteiger partial charge in [0, 0.05) is 38.4 Å². The van der Waals surface area contributed by atoms with Gasteiger partial charge in [0.1, 0.15) is 22.8 Å². The summed E-state index contributed by atoms with van der Waals surface area (Å²) in [6, 6.07) is 16.6. The summed E-state index contributed by atoms with van der Waals surface area (Å²) in [5, 5.41) is 15.9. The van der Waals surface area contributed by atoms with Crippen LogP contribution in [0.15, 0.2) is 60.8 Å². The van der Waals surface area contributed by atoms with Crippen molar-refractivity contribution >= 4 is 23.3 Å². The molecule has 1 atom stereocenters. The number of nitrogens with one attached hydrogen (secondary N) is 1. The van der Waals surface area contributed by atoms with E-state index in [1.54, 1.807) is 31.4 Å². The number of aromatic nitrogens is 1. The number of hydrogen-bond donors (Lipinski definition) is 1. The molecule has 2 aromatic carbocycles. The van der Waals surface area contributed by atoms with Crippen LogP contribution in [0, 0.1) is 10.1 Å². The van der Waals surface area contributed by atoms with Crippen LogP contribution in [-0.4, -0.2) is 59.9 Å². The number of likely N-dealkylation sites (tertiary alicyclic amines) is 1. The summed E-state index contributed by atoms with van der Waals surface area (Å²) in [6.45, 7) is 7.20. The van der Waals surface area contributed by atoms with Gasteiger partial charge in [-0.1, -0.05) is 24.3 Å². The van der Waals surface area contributed by atoms with Crippen LogP contribution in [0.25, 0.3) is 0 Å². The summed E-state index contributed by atoms with van der Waals surface area (Å²) < 4.78 is 16.1. The minimum Gasteiger partial charge on any atom is -0.497 e. The molecule has 1 aromatic heterocycles. The fraction of sp³-hybridized carbons (Fsp3) is 0.419.